The summed E-state index contributed by atoms with van der Waals surface area (Å²) in [4.78, 5) is 17.2. The molecule has 0 spiro atoms. The van der Waals surface area contributed by atoms with E-state index in [0.717, 1.165) is 57.5 Å². The molecule has 2 heterocycles. The van der Waals surface area contributed by atoms with Crippen LogP contribution in [0.4, 0.5) is 10.5 Å². The monoisotopic (exact) mass is 372 g/mol. The van der Waals surface area contributed by atoms with Crippen molar-refractivity contribution in [2.45, 2.75) is 39.7 Å². The molecule has 27 heavy (non-hydrogen) atoms. The molecular formula is C22H36N4O. The molecule has 2 aliphatic rings. The zero-order valence-corrected chi connectivity index (χ0v) is 17.2. The van der Waals surface area contributed by atoms with E-state index in [1.54, 1.807) is 0 Å². The standard InChI is InChI=1S/C22H36N4O/c1-17-11-18(2)14-25(13-17)15-19(3)24-22(27)23-12-20-9-10-26(16-20)21-7-5-4-6-8-21/h4-8,17-20H,9-16H2,1-3H3,(H2,23,24,27)/t17-,18+,19-,20-/m0/s1. The third-order valence-electron chi connectivity index (χ3n) is 5.81. The Balaban J connectivity index is 1.35. The number of hydrogen-bond donors (Lipinski definition) is 2. The van der Waals surface area contributed by atoms with Crippen molar-refractivity contribution in [3.05, 3.63) is 30.3 Å². The van der Waals surface area contributed by atoms with Crippen LogP contribution in [0.1, 0.15) is 33.6 Å². The summed E-state index contributed by atoms with van der Waals surface area (Å²) in [6.07, 6.45) is 2.45. The van der Waals surface area contributed by atoms with Gasteiger partial charge in [0.05, 0.1) is 0 Å². The maximum Gasteiger partial charge on any atom is 0.315 e. The Bertz CT molecular complexity index is 583. The number of rotatable bonds is 6. The number of hydrogen-bond acceptors (Lipinski definition) is 3. The van der Waals surface area contributed by atoms with E-state index < -0.39 is 0 Å². The Morgan fingerprint density at radius 3 is 2.56 bits per heavy atom. The van der Waals surface area contributed by atoms with Crippen LogP contribution >= 0.6 is 0 Å². The third kappa shape index (κ3) is 6.13. The van der Waals surface area contributed by atoms with Crippen LogP contribution in [0.5, 0.6) is 0 Å². The number of piperidine rings is 1. The number of carbonyl (C=O) groups is 1. The van der Waals surface area contributed by atoms with E-state index in [4.69, 9.17) is 0 Å². The van der Waals surface area contributed by atoms with Gasteiger partial charge in [0, 0.05) is 51.0 Å². The quantitative estimate of drug-likeness (QED) is 0.806. The van der Waals surface area contributed by atoms with Gasteiger partial charge < -0.3 is 20.4 Å². The van der Waals surface area contributed by atoms with Gasteiger partial charge in [-0.1, -0.05) is 32.0 Å². The van der Waals surface area contributed by atoms with Gasteiger partial charge in [-0.05, 0) is 49.7 Å². The molecule has 0 bridgehead atoms. The first-order valence-corrected chi connectivity index (χ1v) is 10.6. The number of amides is 2. The van der Waals surface area contributed by atoms with Gasteiger partial charge in [-0.25, -0.2) is 4.79 Å². The molecule has 2 saturated heterocycles. The molecule has 0 unspecified atom stereocenters. The highest BCUT2D eigenvalue weighted by Gasteiger charge is 2.25. The third-order valence-corrected chi connectivity index (χ3v) is 5.81. The number of benzene rings is 1. The summed E-state index contributed by atoms with van der Waals surface area (Å²) in [6, 6.07) is 10.7. The number of likely N-dealkylation sites (tertiary alicyclic amines) is 1. The van der Waals surface area contributed by atoms with Crippen molar-refractivity contribution in [2.24, 2.45) is 17.8 Å². The van der Waals surface area contributed by atoms with Gasteiger partial charge in [0.2, 0.25) is 0 Å². The maximum atomic E-state index is 12.3. The fourth-order valence-electron chi connectivity index (χ4n) is 4.76. The molecule has 0 aromatic heterocycles. The fraction of sp³-hybridized carbons (Fsp3) is 0.682. The van der Waals surface area contributed by atoms with Gasteiger partial charge in [-0.2, -0.15) is 0 Å². The number of nitrogens with zero attached hydrogens (tertiary/aromatic N) is 2. The minimum atomic E-state index is -0.0289. The van der Waals surface area contributed by atoms with Gasteiger partial charge in [-0.15, -0.1) is 0 Å². The summed E-state index contributed by atoms with van der Waals surface area (Å²) in [6.45, 7) is 12.8. The second kappa shape index (κ2) is 9.45. The zero-order valence-electron chi connectivity index (χ0n) is 17.2. The average Bonchev–Trinajstić information content (AvgIpc) is 3.09. The van der Waals surface area contributed by atoms with Crippen molar-refractivity contribution in [3.63, 3.8) is 0 Å². The van der Waals surface area contributed by atoms with Crippen molar-refractivity contribution < 1.29 is 4.79 Å². The first kappa shape index (κ1) is 20.0. The Hall–Kier alpha value is -1.75. The van der Waals surface area contributed by atoms with E-state index >= 15 is 0 Å². The molecule has 1 aromatic rings. The number of carbonyl (C=O) groups excluding carboxylic acids is 1. The maximum absolute atomic E-state index is 12.3. The number of urea groups is 1. The molecule has 4 atom stereocenters. The topological polar surface area (TPSA) is 47.6 Å². The molecule has 2 fully saturated rings. The van der Waals surface area contributed by atoms with E-state index in [9.17, 15) is 4.79 Å². The molecule has 5 nitrogen and oxygen atoms in total. The first-order valence-electron chi connectivity index (χ1n) is 10.6. The Labute approximate surface area is 164 Å². The fourth-order valence-corrected chi connectivity index (χ4v) is 4.76. The van der Waals surface area contributed by atoms with Crippen molar-refractivity contribution in [2.75, 3.05) is 44.2 Å². The summed E-state index contributed by atoms with van der Waals surface area (Å²) in [5.74, 6) is 2.03. The number of anilines is 1. The molecule has 3 rings (SSSR count). The van der Waals surface area contributed by atoms with Crippen LogP contribution in [0.2, 0.25) is 0 Å². The van der Waals surface area contributed by atoms with Gasteiger partial charge in [-0.3, -0.25) is 0 Å². The van der Waals surface area contributed by atoms with Crippen LogP contribution in [0.3, 0.4) is 0 Å². The molecule has 0 radical (unpaired) electrons. The smallest absolute Gasteiger partial charge is 0.315 e. The van der Waals surface area contributed by atoms with Crippen LogP contribution in [0.25, 0.3) is 0 Å². The zero-order chi connectivity index (χ0) is 19.2. The Morgan fingerprint density at radius 2 is 1.85 bits per heavy atom. The SMILES string of the molecule is C[C@@H]1C[C@H](C)CN(C[C@H](C)NC(=O)NC[C@@H]2CCN(c3ccccc3)C2)C1. The van der Waals surface area contributed by atoms with Gasteiger partial charge in [0.25, 0.3) is 0 Å². The van der Waals surface area contributed by atoms with Crippen LogP contribution in [0.15, 0.2) is 30.3 Å². The van der Waals surface area contributed by atoms with Crippen molar-refractivity contribution in [1.82, 2.24) is 15.5 Å². The molecule has 0 saturated carbocycles. The summed E-state index contributed by atoms with van der Waals surface area (Å²) in [5, 5.41) is 6.21. The first-order chi connectivity index (χ1) is 13.0. The van der Waals surface area contributed by atoms with Crippen LogP contribution in [-0.4, -0.2) is 56.2 Å². The molecule has 2 N–H and O–H groups in total. The lowest BCUT2D eigenvalue weighted by Crippen LogP contribution is -2.49. The molecule has 0 aliphatic carbocycles. The Morgan fingerprint density at radius 1 is 1.15 bits per heavy atom. The average molecular weight is 373 g/mol. The lowest BCUT2D eigenvalue weighted by Gasteiger charge is -2.36. The van der Waals surface area contributed by atoms with Crippen LogP contribution in [0, 0.1) is 17.8 Å². The highest BCUT2D eigenvalue weighted by atomic mass is 16.2. The molecule has 5 heteroatoms. The van der Waals surface area contributed by atoms with Gasteiger partial charge >= 0.3 is 6.03 Å². The van der Waals surface area contributed by atoms with E-state index in [0.29, 0.717) is 5.92 Å². The van der Waals surface area contributed by atoms with E-state index in [2.05, 4.69) is 71.5 Å². The van der Waals surface area contributed by atoms with Gasteiger partial charge in [0.1, 0.15) is 0 Å². The van der Waals surface area contributed by atoms with E-state index in [1.807, 2.05) is 0 Å². The van der Waals surface area contributed by atoms with Crippen LogP contribution < -0.4 is 15.5 Å². The summed E-state index contributed by atoms with van der Waals surface area (Å²) < 4.78 is 0. The number of nitrogens with one attached hydrogen (secondary N) is 2. The second-order valence-corrected chi connectivity index (χ2v) is 8.86. The van der Waals surface area contributed by atoms with Crippen LogP contribution in [-0.2, 0) is 0 Å². The molecule has 1 aromatic carbocycles. The lowest BCUT2D eigenvalue weighted by atomic mass is 9.92. The van der Waals surface area contributed by atoms with Crippen molar-refractivity contribution >= 4 is 11.7 Å². The summed E-state index contributed by atoms with van der Waals surface area (Å²) >= 11 is 0. The van der Waals surface area contributed by atoms with Crippen molar-refractivity contribution in [3.8, 4) is 0 Å². The molecule has 2 aliphatic heterocycles. The minimum absolute atomic E-state index is 0.0289. The van der Waals surface area contributed by atoms with E-state index in [1.165, 1.54) is 12.1 Å². The molecular weight excluding hydrogens is 336 g/mol. The Kier molecular flexibility index (Phi) is 7.00. The summed E-state index contributed by atoms with van der Waals surface area (Å²) in [7, 11) is 0. The minimum Gasteiger partial charge on any atom is -0.371 e. The normalized spacial score (nSPS) is 27.4. The number of para-hydroxylation sites is 1. The van der Waals surface area contributed by atoms with E-state index in [-0.39, 0.29) is 12.1 Å². The predicted octanol–water partition coefficient (Wildman–Crippen LogP) is 3.18. The van der Waals surface area contributed by atoms with Crippen molar-refractivity contribution in [1.29, 1.82) is 0 Å². The second-order valence-electron chi connectivity index (χ2n) is 8.86. The predicted molar refractivity (Wildman–Crippen MR) is 112 cm³/mol. The lowest BCUT2D eigenvalue weighted by molar-refractivity contribution is 0.131. The van der Waals surface area contributed by atoms with Gasteiger partial charge in [0.15, 0.2) is 0 Å². The summed E-state index contributed by atoms with van der Waals surface area (Å²) in [5.41, 5.74) is 1.28. The molecule has 2 amide bonds. The molecule has 150 valence electrons. The largest absolute Gasteiger partial charge is 0.371 e. The highest BCUT2D eigenvalue weighted by Crippen LogP contribution is 2.23. The highest BCUT2D eigenvalue weighted by molar-refractivity contribution is 5.74.